The lowest BCUT2D eigenvalue weighted by Crippen LogP contribution is -2.13. The van der Waals surface area contributed by atoms with Crippen molar-refractivity contribution in [2.75, 3.05) is 11.8 Å². The van der Waals surface area contributed by atoms with Crippen molar-refractivity contribution in [3.63, 3.8) is 0 Å². The summed E-state index contributed by atoms with van der Waals surface area (Å²) >= 11 is 0. The van der Waals surface area contributed by atoms with Crippen molar-refractivity contribution in [1.82, 2.24) is 4.98 Å². The van der Waals surface area contributed by atoms with Crippen molar-refractivity contribution < 1.29 is 23.1 Å². The summed E-state index contributed by atoms with van der Waals surface area (Å²) in [6.07, 6.45) is 0. The lowest BCUT2D eigenvalue weighted by atomic mass is 10.2. The van der Waals surface area contributed by atoms with Crippen LogP contribution < -0.4 is 9.46 Å². The van der Waals surface area contributed by atoms with E-state index >= 15 is 0 Å². The maximum absolute atomic E-state index is 12.4. The molecule has 0 saturated carbocycles. The third kappa shape index (κ3) is 3.53. The number of benzene rings is 2. The molecule has 0 aliphatic heterocycles. The molecule has 0 aliphatic rings. The number of aromatic carboxylic acids is 1. The van der Waals surface area contributed by atoms with Crippen molar-refractivity contribution in [1.29, 1.82) is 0 Å². The average molecular weight is 358 g/mol. The zero-order valence-corrected chi connectivity index (χ0v) is 13.9. The molecule has 3 rings (SSSR count). The van der Waals surface area contributed by atoms with E-state index in [0.29, 0.717) is 17.1 Å². The van der Waals surface area contributed by atoms with E-state index in [0.717, 1.165) is 5.39 Å². The summed E-state index contributed by atoms with van der Waals surface area (Å²) in [6, 6.07) is 13.5. The van der Waals surface area contributed by atoms with Gasteiger partial charge >= 0.3 is 5.97 Å². The van der Waals surface area contributed by atoms with E-state index in [1.54, 1.807) is 24.3 Å². The standard InChI is InChI=1S/C17H14N2O5S/c1-24-16-9-5-11-2-6-13(10-15(11)18-16)19-25(22,23)14-7-3-12(4-8-14)17(20)21/h2-10,19H,1H3,(H,20,21). The Balaban J connectivity index is 1.91. The molecule has 8 heteroatoms. The highest BCUT2D eigenvalue weighted by atomic mass is 32.2. The van der Waals surface area contributed by atoms with Crippen molar-refractivity contribution in [3.8, 4) is 5.88 Å². The van der Waals surface area contributed by atoms with Gasteiger partial charge in [-0.15, -0.1) is 0 Å². The Labute approximate surface area is 143 Å². The fourth-order valence-electron chi connectivity index (χ4n) is 2.27. The molecule has 7 nitrogen and oxygen atoms in total. The fourth-order valence-corrected chi connectivity index (χ4v) is 3.32. The lowest BCUT2D eigenvalue weighted by molar-refractivity contribution is 0.0696. The Hall–Kier alpha value is -3.13. The number of aromatic nitrogens is 1. The minimum Gasteiger partial charge on any atom is -0.481 e. The highest BCUT2D eigenvalue weighted by Crippen LogP contribution is 2.23. The molecule has 0 atom stereocenters. The number of hydrogen-bond donors (Lipinski definition) is 2. The third-order valence-corrected chi connectivity index (χ3v) is 4.94. The number of nitrogens with one attached hydrogen (secondary N) is 1. The van der Waals surface area contributed by atoms with Gasteiger partial charge in [0.05, 0.1) is 28.8 Å². The summed E-state index contributed by atoms with van der Waals surface area (Å²) in [6.45, 7) is 0. The molecule has 25 heavy (non-hydrogen) atoms. The van der Waals surface area contributed by atoms with Crippen LogP contribution in [0.25, 0.3) is 10.9 Å². The van der Waals surface area contributed by atoms with Crippen molar-refractivity contribution in [2.24, 2.45) is 0 Å². The number of methoxy groups -OCH3 is 1. The highest BCUT2D eigenvalue weighted by molar-refractivity contribution is 7.92. The number of carboxylic acids is 1. The second-order valence-electron chi connectivity index (χ2n) is 5.20. The van der Waals surface area contributed by atoms with Gasteiger partial charge < -0.3 is 9.84 Å². The van der Waals surface area contributed by atoms with Crippen LogP contribution in [0.15, 0.2) is 59.5 Å². The van der Waals surface area contributed by atoms with Gasteiger partial charge in [-0.3, -0.25) is 4.72 Å². The molecule has 0 saturated heterocycles. The number of anilines is 1. The number of sulfonamides is 1. The monoisotopic (exact) mass is 358 g/mol. The first kappa shape index (κ1) is 16.7. The third-order valence-electron chi connectivity index (χ3n) is 3.54. The second kappa shape index (κ2) is 6.40. The van der Waals surface area contributed by atoms with E-state index in [9.17, 15) is 13.2 Å². The predicted molar refractivity (Wildman–Crippen MR) is 92.5 cm³/mol. The zero-order chi connectivity index (χ0) is 18.0. The number of carbonyl (C=O) groups is 1. The van der Waals surface area contributed by atoms with Gasteiger partial charge in [-0.2, -0.15) is 0 Å². The molecule has 1 heterocycles. The summed E-state index contributed by atoms with van der Waals surface area (Å²) in [5.74, 6) is -0.691. The van der Waals surface area contributed by atoms with Gasteiger partial charge in [-0.1, -0.05) is 6.07 Å². The fraction of sp³-hybridized carbons (Fsp3) is 0.0588. The van der Waals surface area contributed by atoms with Crippen molar-refractivity contribution in [3.05, 3.63) is 60.2 Å². The normalized spacial score (nSPS) is 11.2. The first-order chi connectivity index (χ1) is 11.9. The molecule has 0 unspecified atom stereocenters. The molecule has 0 spiro atoms. The highest BCUT2D eigenvalue weighted by Gasteiger charge is 2.15. The summed E-state index contributed by atoms with van der Waals surface area (Å²) in [4.78, 5) is 15.1. The summed E-state index contributed by atoms with van der Waals surface area (Å²) in [7, 11) is -2.34. The quantitative estimate of drug-likeness (QED) is 0.726. The van der Waals surface area contributed by atoms with Crippen LogP contribution in [-0.4, -0.2) is 31.6 Å². The van der Waals surface area contributed by atoms with E-state index in [1.807, 2.05) is 6.07 Å². The topological polar surface area (TPSA) is 106 Å². The van der Waals surface area contributed by atoms with Gasteiger partial charge in [0.25, 0.3) is 10.0 Å². The molecular weight excluding hydrogens is 344 g/mol. The summed E-state index contributed by atoms with van der Waals surface area (Å²) in [5, 5.41) is 9.72. The van der Waals surface area contributed by atoms with Crippen LogP contribution in [-0.2, 0) is 10.0 Å². The predicted octanol–water partition coefficient (Wildman–Crippen LogP) is 2.74. The van der Waals surface area contributed by atoms with E-state index in [1.165, 1.54) is 31.4 Å². The van der Waals surface area contributed by atoms with E-state index in [2.05, 4.69) is 9.71 Å². The van der Waals surface area contributed by atoms with E-state index < -0.39 is 16.0 Å². The first-order valence-corrected chi connectivity index (χ1v) is 8.68. The number of hydrogen-bond acceptors (Lipinski definition) is 5. The largest absolute Gasteiger partial charge is 0.481 e. The van der Waals surface area contributed by atoms with Gasteiger partial charge in [0.15, 0.2) is 0 Å². The molecule has 128 valence electrons. The van der Waals surface area contributed by atoms with Crippen LogP contribution in [0.1, 0.15) is 10.4 Å². The Morgan fingerprint density at radius 2 is 1.76 bits per heavy atom. The first-order valence-electron chi connectivity index (χ1n) is 7.20. The van der Waals surface area contributed by atoms with Gasteiger partial charge in [-0.05, 0) is 42.5 Å². The van der Waals surface area contributed by atoms with Crippen LogP contribution in [0.4, 0.5) is 5.69 Å². The van der Waals surface area contributed by atoms with Gasteiger partial charge in [0, 0.05) is 11.5 Å². The number of rotatable bonds is 5. The van der Waals surface area contributed by atoms with Crippen LogP contribution in [0.3, 0.4) is 0 Å². The van der Waals surface area contributed by atoms with E-state index in [4.69, 9.17) is 9.84 Å². The summed E-state index contributed by atoms with van der Waals surface area (Å²) in [5.41, 5.74) is 0.942. The molecule has 2 N–H and O–H groups in total. The summed E-state index contributed by atoms with van der Waals surface area (Å²) < 4.78 is 32.4. The van der Waals surface area contributed by atoms with Crippen LogP contribution in [0.5, 0.6) is 5.88 Å². The molecule has 0 bridgehead atoms. The van der Waals surface area contributed by atoms with Crippen LogP contribution in [0, 0.1) is 0 Å². The van der Waals surface area contributed by atoms with Crippen molar-refractivity contribution in [2.45, 2.75) is 4.90 Å². The number of ether oxygens (including phenoxy) is 1. The Bertz CT molecular complexity index is 1050. The molecule has 3 aromatic rings. The molecule has 0 fully saturated rings. The molecular formula is C17H14N2O5S. The Kier molecular flexibility index (Phi) is 4.28. The molecule has 2 aromatic carbocycles. The molecule has 0 radical (unpaired) electrons. The van der Waals surface area contributed by atoms with Crippen molar-refractivity contribution >= 4 is 32.6 Å². The number of fused-ring (bicyclic) bond motifs is 1. The average Bonchev–Trinajstić information content (AvgIpc) is 2.60. The molecule has 1 aromatic heterocycles. The SMILES string of the molecule is COc1ccc2ccc(NS(=O)(=O)c3ccc(C(=O)O)cc3)cc2n1. The lowest BCUT2D eigenvalue weighted by Gasteiger charge is -2.09. The van der Waals surface area contributed by atoms with Gasteiger partial charge in [-0.25, -0.2) is 18.2 Å². The number of nitrogens with zero attached hydrogens (tertiary/aromatic N) is 1. The van der Waals surface area contributed by atoms with Crippen LogP contribution >= 0.6 is 0 Å². The minimum absolute atomic E-state index is 0.0148. The van der Waals surface area contributed by atoms with Gasteiger partial charge in [0.1, 0.15) is 0 Å². The van der Waals surface area contributed by atoms with E-state index in [-0.39, 0.29) is 10.5 Å². The zero-order valence-electron chi connectivity index (χ0n) is 13.1. The number of pyridine rings is 1. The minimum atomic E-state index is -3.84. The Morgan fingerprint density at radius 1 is 1.08 bits per heavy atom. The van der Waals surface area contributed by atoms with Gasteiger partial charge in [0.2, 0.25) is 5.88 Å². The maximum atomic E-state index is 12.4. The second-order valence-corrected chi connectivity index (χ2v) is 6.88. The number of carboxylic acid groups (broad SMARTS) is 1. The van der Waals surface area contributed by atoms with Crippen LogP contribution in [0.2, 0.25) is 0 Å². The molecule has 0 amide bonds. The molecule has 0 aliphatic carbocycles. The smallest absolute Gasteiger partial charge is 0.335 e. The Morgan fingerprint density at radius 3 is 2.40 bits per heavy atom. The maximum Gasteiger partial charge on any atom is 0.335 e.